The van der Waals surface area contributed by atoms with Gasteiger partial charge in [0, 0.05) is 0 Å². The van der Waals surface area contributed by atoms with Gasteiger partial charge in [-0.05, 0) is 6.42 Å². The van der Waals surface area contributed by atoms with Crippen LogP contribution in [0.25, 0.3) is 0 Å². The Morgan fingerprint density at radius 1 is 1.04 bits per heavy atom. The van der Waals surface area contributed by atoms with E-state index in [-0.39, 0.29) is 0 Å². The molecule has 0 radical (unpaired) electrons. The van der Waals surface area contributed by atoms with Crippen molar-refractivity contribution in [1.29, 1.82) is 0 Å². The molecule has 0 aliphatic heterocycles. The second-order valence-electron chi connectivity index (χ2n) is 3.89. The minimum Gasteiger partial charge on any atom is -0.722 e. The predicted octanol–water partition coefficient (Wildman–Crippen LogP) is 0.0462. The van der Waals surface area contributed by atoms with E-state index >= 15 is 0 Å². The van der Waals surface area contributed by atoms with Crippen molar-refractivity contribution in [3.63, 3.8) is 0 Å². The van der Waals surface area contributed by atoms with Gasteiger partial charge in [-0.1, -0.05) is 21.1 Å². The predicted molar refractivity (Wildman–Crippen MR) is 76.6 cm³/mol. The summed E-state index contributed by atoms with van der Waals surface area (Å²) in [5.41, 5.74) is 0. The molecule has 0 aliphatic carbocycles. The molecule has 11 nitrogen and oxygen atoms in total. The summed E-state index contributed by atoms with van der Waals surface area (Å²) in [4.78, 5) is 0. The van der Waals surface area contributed by atoms with Gasteiger partial charge in [0.05, 0.1) is 13.6 Å². The second-order valence-corrected chi connectivity index (χ2v) is 6.32. The van der Waals surface area contributed by atoms with Gasteiger partial charge in [0.15, 0.2) is 0 Å². The van der Waals surface area contributed by atoms with E-state index in [0.717, 1.165) is 6.54 Å². The zero-order chi connectivity index (χ0) is 20.9. The SMILES string of the molecule is CCCCn1cc[n+](C)c1.O=S(=O)(O)F.O=S(=O)(O)F.O=S(=O)([O-])F. The lowest BCUT2D eigenvalue weighted by Gasteiger charge is -1.90. The molecule has 0 spiro atoms. The topological polar surface area (TPSA) is 175 Å². The lowest BCUT2D eigenvalue weighted by Crippen LogP contribution is -2.23. The van der Waals surface area contributed by atoms with Crippen molar-refractivity contribution in [2.24, 2.45) is 7.05 Å². The van der Waals surface area contributed by atoms with Crippen molar-refractivity contribution in [2.45, 2.75) is 26.3 Å². The molecular weight excluding hydrogens is 421 g/mol. The van der Waals surface area contributed by atoms with Crippen LogP contribution in [0, 0.1) is 0 Å². The van der Waals surface area contributed by atoms with Crippen LogP contribution in [0.3, 0.4) is 0 Å². The molecule has 0 saturated carbocycles. The van der Waals surface area contributed by atoms with E-state index < -0.39 is 31.5 Å². The zero-order valence-electron chi connectivity index (χ0n) is 12.9. The fraction of sp³-hybridized carbons (Fsp3) is 0.625. The van der Waals surface area contributed by atoms with Gasteiger partial charge in [-0.2, -0.15) is 16.8 Å². The summed E-state index contributed by atoms with van der Waals surface area (Å²) in [6, 6.07) is 0. The van der Waals surface area contributed by atoms with Crippen molar-refractivity contribution < 1.29 is 55.1 Å². The lowest BCUT2D eigenvalue weighted by atomic mass is 10.3. The number of halogens is 3. The van der Waals surface area contributed by atoms with E-state index in [9.17, 15) is 11.7 Å². The van der Waals surface area contributed by atoms with Crippen LogP contribution in [0.1, 0.15) is 19.8 Å². The normalized spacial score (nSPS) is 11.0. The highest BCUT2D eigenvalue weighted by molar-refractivity contribution is 7.80. The lowest BCUT2D eigenvalue weighted by molar-refractivity contribution is -0.671. The number of hydrogen-bond donors (Lipinski definition) is 2. The highest BCUT2D eigenvalue weighted by Gasteiger charge is 1.96. The van der Waals surface area contributed by atoms with E-state index in [1.807, 2.05) is 7.05 Å². The van der Waals surface area contributed by atoms with E-state index in [4.69, 9.17) is 38.9 Å². The minimum absolute atomic E-state index is 1.15. The molecule has 1 aromatic heterocycles. The van der Waals surface area contributed by atoms with E-state index in [0.29, 0.717) is 0 Å². The van der Waals surface area contributed by atoms with Crippen LogP contribution in [0.5, 0.6) is 0 Å². The largest absolute Gasteiger partial charge is 0.722 e. The first-order valence-electron chi connectivity index (χ1n) is 5.83. The third-order valence-electron chi connectivity index (χ3n) is 1.59. The molecule has 0 aromatic carbocycles. The molecule has 1 aromatic rings. The maximum Gasteiger partial charge on any atom is 0.435 e. The molecule has 152 valence electrons. The van der Waals surface area contributed by atoms with Gasteiger partial charge in [0.1, 0.15) is 12.4 Å². The number of imidazole rings is 1. The van der Waals surface area contributed by atoms with E-state index in [1.54, 1.807) is 0 Å². The van der Waals surface area contributed by atoms with Crippen molar-refractivity contribution >= 4 is 31.5 Å². The maximum absolute atomic E-state index is 10.2. The average molecular weight is 438 g/mol. The Morgan fingerprint density at radius 2 is 1.36 bits per heavy atom. The number of rotatable bonds is 3. The first-order chi connectivity index (χ1) is 10.8. The molecular formula is C8H17F3N2O9S3. The van der Waals surface area contributed by atoms with Gasteiger partial charge in [-0.25, -0.2) is 17.6 Å². The van der Waals surface area contributed by atoms with Gasteiger partial charge in [-0.3, -0.25) is 9.11 Å². The Balaban J connectivity index is -0.000000279. The van der Waals surface area contributed by atoms with Crippen LogP contribution in [-0.4, -0.2) is 43.5 Å². The molecule has 0 saturated heterocycles. The molecule has 0 fully saturated rings. The summed E-state index contributed by atoms with van der Waals surface area (Å²) in [5, 5.41) is 0. The third-order valence-corrected chi connectivity index (χ3v) is 1.59. The number of unbranched alkanes of at least 4 members (excludes halogenated alkanes) is 1. The summed E-state index contributed by atoms with van der Waals surface area (Å²) >= 11 is 0. The molecule has 1 rings (SSSR count). The van der Waals surface area contributed by atoms with Crippen LogP contribution in [0.4, 0.5) is 11.7 Å². The molecule has 17 heteroatoms. The summed E-state index contributed by atoms with van der Waals surface area (Å²) in [5.74, 6) is 0. The standard InChI is InChI=1S/C8H15N2.3FHO3S/c1-3-4-5-10-7-6-9(2)8-10;3*1-5(2,3)4/h6-8H,3-5H2,1-2H3;3*(H,2,3,4)/q+1;;;/p-1. The van der Waals surface area contributed by atoms with Gasteiger partial charge >= 0.3 is 21.0 Å². The molecule has 0 amide bonds. The molecule has 0 unspecified atom stereocenters. The van der Waals surface area contributed by atoms with E-state index in [2.05, 4.69) is 34.8 Å². The number of nitrogens with zero attached hydrogens (tertiary/aromatic N) is 2. The number of aryl methyl sites for hydroxylation is 2. The van der Waals surface area contributed by atoms with Gasteiger partial charge in [0.2, 0.25) is 6.33 Å². The fourth-order valence-corrected chi connectivity index (χ4v) is 0.975. The summed E-state index contributed by atoms with van der Waals surface area (Å²) < 4.78 is 108. The van der Waals surface area contributed by atoms with Gasteiger partial charge in [-0.15, -0.1) is 3.89 Å². The molecule has 2 N–H and O–H groups in total. The molecule has 0 bridgehead atoms. The number of aromatic nitrogens is 2. The van der Waals surface area contributed by atoms with E-state index in [1.165, 1.54) is 12.8 Å². The Labute approximate surface area is 143 Å². The minimum atomic E-state index is -5.42. The first kappa shape index (κ1) is 28.5. The zero-order valence-corrected chi connectivity index (χ0v) is 15.3. The third kappa shape index (κ3) is 71.0. The Kier molecular flexibility index (Phi) is 14.8. The quantitative estimate of drug-likeness (QED) is 0.375. The highest BCUT2D eigenvalue weighted by Crippen LogP contribution is 1.91. The van der Waals surface area contributed by atoms with Crippen molar-refractivity contribution in [3.05, 3.63) is 18.7 Å². The monoisotopic (exact) mass is 438 g/mol. The van der Waals surface area contributed by atoms with Crippen LogP contribution >= 0.6 is 0 Å². The fourth-order valence-electron chi connectivity index (χ4n) is 0.975. The first-order valence-corrected chi connectivity index (χ1v) is 9.82. The molecule has 1 heterocycles. The maximum atomic E-state index is 10.2. The average Bonchev–Trinajstić information content (AvgIpc) is 2.65. The Morgan fingerprint density at radius 3 is 1.56 bits per heavy atom. The van der Waals surface area contributed by atoms with Gasteiger partial charge in [0.25, 0.3) is 10.5 Å². The van der Waals surface area contributed by atoms with Crippen LogP contribution in [-0.2, 0) is 45.1 Å². The molecule has 0 aliphatic rings. The van der Waals surface area contributed by atoms with Crippen LogP contribution in [0.2, 0.25) is 0 Å². The smallest absolute Gasteiger partial charge is 0.435 e. The Bertz CT molecular complexity index is 679. The molecule has 25 heavy (non-hydrogen) atoms. The summed E-state index contributed by atoms with van der Waals surface area (Å²) in [6.45, 7) is 3.36. The van der Waals surface area contributed by atoms with Gasteiger partial charge < -0.3 is 4.55 Å². The van der Waals surface area contributed by atoms with Crippen molar-refractivity contribution in [2.75, 3.05) is 0 Å². The van der Waals surface area contributed by atoms with Crippen molar-refractivity contribution in [3.8, 4) is 0 Å². The van der Waals surface area contributed by atoms with Crippen molar-refractivity contribution in [1.82, 2.24) is 4.57 Å². The molecule has 0 atom stereocenters. The highest BCUT2D eigenvalue weighted by atomic mass is 32.3. The Hall–Kier alpha value is -1.27. The summed E-state index contributed by atoms with van der Waals surface area (Å²) in [7, 11) is -13.7. The summed E-state index contributed by atoms with van der Waals surface area (Å²) in [6.07, 6.45) is 8.82. The van der Waals surface area contributed by atoms with Crippen LogP contribution < -0.4 is 4.57 Å². The second kappa shape index (κ2) is 13.0. The van der Waals surface area contributed by atoms with Crippen LogP contribution in [0.15, 0.2) is 18.7 Å². The number of hydrogen-bond acceptors (Lipinski definition) is 7.